The third-order valence-corrected chi connectivity index (χ3v) is 3.62. The molecule has 5 aromatic heterocycles. The van der Waals surface area contributed by atoms with Gasteiger partial charge in [0, 0.05) is 36.5 Å². The summed E-state index contributed by atoms with van der Waals surface area (Å²) in [5, 5.41) is 4.06. The summed E-state index contributed by atoms with van der Waals surface area (Å²) in [6.07, 6.45) is 12.4. The van der Waals surface area contributed by atoms with Gasteiger partial charge in [0.25, 0.3) is 5.89 Å². The molecule has 0 aliphatic carbocycles. The van der Waals surface area contributed by atoms with Crippen molar-refractivity contribution in [3.05, 3.63) is 55.5 Å². The summed E-state index contributed by atoms with van der Waals surface area (Å²) in [6, 6.07) is 3.81. The van der Waals surface area contributed by atoms with Crippen molar-refractivity contribution < 1.29 is 4.52 Å². The van der Waals surface area contributed by atoms with Gasteiger partial charge in [0.15, 0.2) is 5.65 Å². The summed E-state index contributed by atoms with van der Waals surface area (Å²) in [5.41, 5.74) is 3.12. The zero-order valence-corrected chi connectivity index (χ0v) is 11.7. The number of aromatic nitrogens is 7. The van der Waals surface area contributed by atoms with Gasteiger partial charge in [-0.2, -0.15) is 4.98 Å². The van der Waals surface area contributed by atoms with Gasteiger partial charge in [-0.05, 0) is 12.1 Å². The van der Waals surface area contributed by atoms with Crippen LogP contribution in [0.5, 0.6) is 0 Å². The zero-order valence-electron chi connectivity index (χ0n) is 11.7. The summed E-state index contributed by atoms with van der Waals surface area (Å²) in [6.45, 7) is 0. The predicted octanol–water partition coefficient (Wildman–Crippen LogP) is 2.09. The van der Waals surface area contributed by atoms with E-state index in [9.17, 15) is 0 Å². The van der Waals surface area contributed by atoms with E-state index in [1.165, 1.54) is 0 Å². The van der Waals surface area contributed by atoms with Crippen LogP contribution in [0.3, 0.4) is 0 Å². The molecular weight excluding hydrogens is 294 g/mol. The topological polar surface area (TPSA) is 86.4 Å². The number of pyridine rings is 1. The van der Waals surface area contributed by atoms with Gasteiger partial charge in [-0.25, -0.2) is 9.97 Å². The molecule has 8 heteroatoms. The molecule has 0 saturated heterocycles. The molecule has 0 unspecified atom stereocenters. The van der Waals surface area contributed by atoms with Gasteiger partial charge in [-0.3, -0.25) is 9.38 Å². The minimum atomic E-state index is 0.439. The summed E-state index contributed by atoms with van der Waals surface area (Å²) >= 11 is 0. The van der Waals surface area contributed by atoms with E-state index < -0.39 is 0 Å². The predicted molar refractivity (Wildman–Crippen MR) is 80.5 cm³/mol. The Morgan fingerprint density at radius 2 is 1.96 bits per heavy atom. The SMILES string of the molecule is c1cn2c(-c3noc(-c4ccn5ccnc5c4)n3)cnc2cn1. The van der Waals surface area contributed by atoms with Crippen LogP contribution in [-0.2, 0) is 0 Å². The summed E-state index contributed by atoms with van der Waals surface area (Å²) in [5.74, 6) is 0.913. The summed E-state index contributed by atoms with van der Waals surface area (Å²) < 4.78 is 9.17. The van der Waals surface area contributed by atoms with Crippen LogP contribution in [0.4, 0.5) is 0 Å². The fourth-order valence-corrected chi connectivity index (χ4v) is 2.50. The Labute approximate surface area is 129 Å². The second-order valence-corrected chi connectivity index (χ2v) is 4.98. The number of hydrogen-bond donors (Lipinski definition) is 0. The number of rotatable bonds is 2. The van der Waals surface area contributed by atoms with Crippen molar-refractivity contribution in [2.75, 3.05) is 0 Å². The zero-order chi connectivity index (χ0) is 15.2. The Balaban J connectivity index is 1.62. The van der Waals surface area contributed by atoms with Crippen LogP contribution in [-0.4, -0.2) is 33.9 Å². The maximum absolute atomic E-state index is 5.39. The van der Waals surface area contributed by atoms with E-state index in [4.69, 9.17) is 4.52 Å². The molecule has 5 rings (SSSR count). The fraction of sp³-hybridized carbons (Fsp3) is 0. The minimum absolute atomic E-state index is 0.439. The first-order chi connectivity index (χ1) is 11.4. The average molecular weight is 303 g/mol. The van der Waals surface area contributed by atoms with Crippen LogP contribution in [0.15, 0.2) is 60.0 Å². The smallest absolute Gasteiger partial charge is 0.258 e. The molecule has 23 heavy (non-hydrogen) atoms. The normalized spacial score (nSPS) is 11.5. The Morgan fingerprint density at radius 3 is 2.96 bits per heavy atom. The highest BCUT2D eigenvalue weighted by atomic mass is 16.5. The van der Waals surface area contributed by atoms with E-state index in [-0.39, 0.29) is 0 Å². The van der Waals surface area contributed by atoms with E-state index >= 15 is 0 Å². The molecule has 0 N–H and O–H groups in total. The molecule has 110 valence electrons. The van der Waals surface area contributed by atoms with Gasteiger partial charge in [0.1, 0.15) is 11.3 Å². The molecule has 0 saturated carbocycles. The largest absolute Gasteiger partial charge is 0.334 e. The summed E-state index contributed by atoms with van der Waals surface area (Å²) in [7, 11) is 0. The average Bonchev–Trinajstić information content (AvgIpc) is 3.32. The van der Waals surface area contributed by atoms with Crippen molar-refractivity contribution in [2.45, 2.75) is 0 Å². The van der Waals surface area contributed by atoms with Crippen LogP contribution >= 0.6 is 0 Å². The Hall–Kier alpha value is -3.55. The Bertz CT molecular complexity index is 1140. The standard InChI is InChI=1S/C15H9N7O/c1-4-21-5-3-17-12(21)7-10(1)15-19-14(20-23-15)11-8-18-13-9-16-2-6-22(11)13/h1-9H. The maximum Gasteiger partial charge on any atom is 0.258 e. The van der Waals surface area contributed by atoms with E-state index in [0.29, 0.717) is 11.7 Å². The number of hydrogen-bond acceptors (Lipinski definition) is 6. The molecule has 8 nitrogen and oxygen atoms in total. The molecule has 0 spiro atoms. The third-order valence-electron chi connectivity index (χ3n) is 3.62. The molecule has 0 bridgehead atoms. The van der Waals surface area contributed by atoms with E-state index in [1.54, 1.807) is 24.8 Å². The molecule has 0 amide bonds. The highest BCUT2D eigenvalue weighted by Gasteiger charge is 2.14. The number of fused-ring (bicyclic) bond motifs is 2. The second kappa shape index (κ2) is 4.47. The highest BCUT2D eigenvalue weighted by Crippen LogP contribution is 2.23. The molecule has 0 aliphatic rings. The number of imidazole rings is 2. The maximum atomic E-state index is 5.39. The molecule has 0 fully saturated rings. The quantitative estimate of drug-likeness (QED) is 0.496. The first kappa shape index (κ1) is 12.0. The van der Waals surface area contributed by atoms with Gasteiger partial charge in [0.05, 0.1) is 12.4 Å². The van der Waals surface area contributed by atoms with Gasteiger partial charge in [-0.15, -0.1) is 0 Å². The lowest BCUT2D eigenvalue weighted by molar-refractivity contribution is 0.432. The molecule has 5 heterocycles. The van der Waals surface area contributed by atoms with Crippen molar-refractivity contribution in [3.63, 3.8) is 0 Å². The van der Waals surface area contributed by atoms with Crippen LogP contribution in [0.1, 0.15) is 0 Å². The number of nitrogens with zero attached hydrogens (tertiary/aromatic N) is 7. The van der Waals surface area contributed by atoms with E-state index in [0.717, 1.165) is 22.6 Å². The third kappa shape index (κ3) is 1.81. The lowest BCUT2D eigenvalue weighted by Crippen LogP contribution is -1.90. The van der Waals surface area contributed by atoms with E-state index in [1.807, 2.05) is 39.5 Å². The van der Waals surface area contributed by atoms with Crippen LogP contribution in [0.25, 0.3) is 34.3 Å². The summed E-state index contributed by atoms with van der Waals surface area (Å²) in [4.78, 5) is 17.0. The monoisotopic (exact) mass is 303 g/mol. The molecular formula is C15H9N7O. The van der Waals surface area contributed by atoms with Crippen molar-refractivity contribution in [3.8, 4) is 23.0 Å². The van der Waals surface area contributed by atoms with Crippen LogP contribution < -0.4 is 0 Å². The van der Waals surface area contributed by atoms with Gasteiger partial charge < -0.3 is 8.92 Å². The first-order valence-electron chi connectivity index (χ1n) is 6.93. The fourth-order valence-electron chi connectivity index (χ4n) is 2.50. The van der Waals surface area contributed by atoms with Crippen molar-refractivity contribution in [1.82, 2.24) is 33.9 Å². The van der Waals surface area contributed by atoms with Gasteiger partial charge >= 0.3 is 0 Å². The molecule has 0 radical (unpaired) electrons. The van der Waals surface area contributed by atoms with Crippen LogP contribution in [0.2, 0.25) is 0 Å². The van der Waals surface area contributed by atoms with Crippen molar-refractivity contribution >= 4 is 11.3 Å². The highest BCUT2D eigenvalue weighted by molar-refractivity contribution is 5.63. The molecule has 0 aliphatic heterocycles. The second-order valence-electron chi connectivity index (χ2n) is 4.98. The van der Waals surface area contributed by atoms with E-state index in [2.05, 4.69) is 25.1 Å². The molecule has 0 atom stereocenters. The Morgan fingerprint density at radius 1 is 0.957 bits per heavy atom. The van der Waals surface area contributed by atoms with Gasteiger partial charge in [0.2, 0.25) is 5.82 Å². The van der Waals surface area contributed by atoms with Crippen LogP contribution in [0, 0.1) is 0 Å². The molecule has 0 aromatic carbocycles. The first-order valence-corrected chi connectivity index (χ1v) is 6.93. The lowest BCUT2D eigenvalue weighted by atomic mass is 10.2. The van der Waals surface area contributed by atoms with Gasteiger partial charge in [-0.1, -0.05) is 5.16 Å². The van der Waals surface area contributed by atoms with Crippen molar-refractivity contribution in [2.24, 2.45) is 0 Å². The minimum Gasteiger partial charge on any atom is -0.334 e. The Kier molecular flexibility index (Phi) is 2.34. The van der Waals surface area contributed by atoms with Crippen molar-refractivity contribution in [1.29, 1.82) is 0 Å². The molecule has 5 aromatic rings. The lowest BCUT2D eigenvalue weighted by Gasteiger charge is -1.96.